The van der Waals surface area contributed by atoms with E-state index >= 15 is 0 Å². The summed E-state index contributed by atoms with van der Waals surface area (Å²) in [5, 5.41) is 5.71. The predicted molar refractivity (Wildman–Crippen MR) is 120 cm³/mol. The highest BCUT2D eigenvalue weighted by Gasteiger charge is 2.33. The molecule has 0 saturated carbocycles. The van der Waals surface area contributed by atoms with Gasteiger partial charge in [-0.2, -0.15) is 0 Å². The van der Waals surface area contributed by atoms with Crippen molar-refractivity contribution in [3.05, 3.63) is 53.6 Å². The van der Waals surface area contributed by atoms with Crippen LogP contribution in [0.4, 0.5) is 11.4 Å². The van der Waals surface area contributed by atoms with E-state index in [1.807, 2.05) is 19.1 Å². The second-order valence-electron chi connectivity index (χ2n) is 7.82. The van der Waals surface area contributed by atoms with Crippen molar-refractivity contribution in [1.82, 2.24) is 4.90 Å². The Morgan fingerprint density at radius 3 is 2.55 bits per heavy atom. The molecule has 3 rings (SSSR count). The summed E-state index contributed by atoms with van der Waals surface area (Å²) in [5.41, 5.74) is 2.66. The van der Waals surface area contributed by atoms with Crippen LogP contribution in [0, 0.1) is 12.8 Å². The first kappa shape index (κ1) is 22.3. The molecule has 7 heteroatoms. The lowest BCUT2D eigenvalue weighted by Gasteiger charge is -2.16. The Morgan fingerprint density at radius 1 is 1.13 bits per heavy atom. The molecule has 2 N–H and O–H groups in total. The molecule has 3 amide bonds. The van der Waals surface area contributed by atoms with Gasteiger partial charge in [0.05, 0.1) is 18.7 Å². The summed E-state index contributed by atoms with van der Waals surface area (Å²) in [6.07, 6.45) is 2.20. The highest BCUT2D eigenvalue weighted by Crippen LogP contribution is 2.26. The van der Waals surface area contributed by atoms with Crippen molar-refractivity contribution in [2.45, 2.75) is 33.1 Å². The standard InChI is InChI=1S/C24H29N3O4/c1-4-5-12-27-15-18(14-22(27)28)24(30)25-19-9-7-17(8-10-19)23(29)26-20-13-16(2)6-11-21(20)31-3/h6-11,13,18H,4-5,12,14-15H2,1-3H3,(H,25,30)(H,26,29)/t18-/m1/s1. The molecule has 1 aliphatic heterocycles. The van der Waals surface area contributed by atoms with E-state index in [1.165, 1.54) is 0 Å². The zero-order chi connectivity index (χ0) is 22.4. The number of likely N-dealkylation sites (tertiary alicyclic amines) is 1. The van der Waals surface area contributed by atoms with Crippen LogP contribution in [0.25, 0.3) is 0 Å². The van der Waals surface area contributed by atoms with Crippen LogP contribution >= 0.6 is 0 Å². The van der Waals surface area contributed by atoms with Crippen LogP contribution < -0.4 is 15.4 Å². The smallest absolute Gasteiger partial charge is 0.255 e. The second-order valence-corrected chi connectivity index (χ2v) is 7.82. The minimum absolute atomic E-state index is 0.0344. The molecule has 0 bridgehead atoms. The molecule has 7 nitrogen and oxygen atoms in total. The van der Waals surface area contributed by atoms with Crippen LogP contribution in [0.3, 0.4) is 0 Å². The summed E-state index contributed by atoms with van der Waals surface area (Å²) >= 11 is 0. The molecular weight excluding hydrogens is 394 g/mol. The maximum atomic E-state index is 12.6. The zero-order valence-electron chi connectivity index (χ0n) is 18.2. The SMILES string of the molecule is CCCCN1C[C@H](C(=O)Nc2ccc(C(=O)Nc3cc(C)ccc3OC)cc2)CC1=O. The number of carbonyl (C=O) groups is 3. The zero-order valence-corrected chi connectivity index (χ0v) is 18.2. The molecule has 0 aliphatic carbocycles. The number of anilines is 2. The number of rotatable bonds is 8. The number of nitrogens with zero attached hydrogens (tertiary/aromatic N) is 1. The summed E-state index contributed by atoms with van der Waals surface area (Å²) in [5.74, 6) is -0.168. The lowest BCUT2D eigenvalue weighted by molar-refractivity contribution is -0.128. The first-order chi connectivity index (χ1) is 14.9. The van der Waals surface area contributed by atoms with Crippen LogP contribution in [-0.2, 0) is 9.59 Å². The lowest BCUT2D eigenvalue weighted by atomic mass is 10.1. The monoisotopic (exact) mass is 423 g/mol. The van der Waals surface area contributed by atoms with E-state index < -0.39 is 0 Å². The molecule has 31 heavy (non-hydrogen) atoms. The van der Waals surface area contributed by atoms with Gasteiger partial charge in [0.2, 0.25) is 11.8 Å². The molecule has 1 saturated heterocycles. The Balaban J connectivity index is 1.59. The van der Waals surface area contributed by atoms with Gasteiger partial charge in [-0.25, -0.2) is 0 Å². The molecular formula is C24H29N3O4. The van der Waals surface area contributed by atoms with Gasteiger partial charge in [0.15, 0.2) is 0 Å². The number of ether oxygens (including phenoxy) is 1. The average molecular weight is 424 g/mol. The van der Waals surface area contributed by atoms with E-state index in [2.05, 4.69) is 17.6 Å². The molecule has 0 radical (unpaired) electrons. The summed E-state index contributed by atoms with van der Waals surface area (Å²) in [7, 11) is 1.55. The van der Waals surface area contributed by atoms with Gasteiger partial charge in [0, 0.05) is 30.8 Å². The van der Waals surface area contributed by atoms with Gasteiger partial charge in [-0.05, 0) is 55.3 Å². The number of nitrogens with one attached hydrogen (secondary N) is 2. The maximum absolute atomic E-state index is 12.6. The third-order valence-corrected chi connectivity index (χ3v) is 5.38. The van der Waals surface area contributed by atoms with E-state index in [-0.39, 0.29) is 30.1 Å². The fourth-order valence-corrected chi connectivity index (χ4v) is 3.58. The number of methoxy groups -OCH3 is 1. The van der Waals surface area contributed by atoms with Gasteiger partial charge < -0.3 is 20.3 Å². The second kappa shape index (κ2) is 10.1. The molecule has 164 valence electrons. The summed E-state index contributed by atoms with van der Waals surface area (Å²) in [4.78, 5) is 39.0. The van der Waals surface area contributed by atoms with Gasteiger partial charge in [-0.1, -0.05) is 19.4 Å². The highest BCUT2D eigenvalue weighted by atomic mass is 16.5. The van der Waals surface area contributed by atoms with E-state index in [1.54, 1.807) is 42.3 Å². The van der Waals surface area contributed by atoms with Crippen molar-refractivity contribution in [3.63, 3.8) is 0 Å². The van der Waals surface area contributed by atoms with E-state index in [4.69, 9.17) is 4.74 Å². The Morgan fingerprint density at radius 2 is 1.87 bits per heavy atom. The third kappa shape index (κ3) is 5.63. The molecule has 2 aromatic rings. The number of hydrogen-bond donors (Lipinski definition) is 2. The Kier molecular flexibility index (Phi) is 7.28. The van der Waals surface area contributed by atoms with Gasteiger partial charge in [-0.15, -0.1) is 0 Å². The average Bonchev–Trinajstić information content (AvgIpc) is 3.13. The highest BCUT2D eigenvalue weighted by molar-refractivity contribution is 6.05. The van der Waals surface area contributed by atoms with Crippen LogP contribution in [0.2, 0.25) is 0 Å². The Hall–Kier alpha value is -3.35. The van der Waals surface area contributed by atoms with Crippen molar-refractivity contribution >= 4 is 29.1 Å². The first-order valence-electron chi connectivity index (χ1n) is 10.6. The number of benzene rings is 2. The number of amides is 3. The largest absolute Gasteiger partial charge is 0.495 e. The molecule has 0 spiro atoms. The molecule has 1 fully saturated rings. The summed E-state index contributed by atoms with van der Waals surface area (Å²) in [6, 6.07) is 12.2. The molecule has 0 aromatic heterocycles. The van der Waals surface area contributed by atoms with E-state index in [0.29, 0.717) is 35.8 Å². The molecule has 1 aliphatic rings. The normalized spacial score (nSPS) is 15.6. The van der Waals surface area contributed by atoms with Crippen LogP contribution in [0.15, 0.2) is 42.5 Å². The van der Waals surface area contributed by atoms with Crippen molar-refractivity contribution in [3.8, 4) is 5.75 Å². The van der Waals surface area contributed by atoms with Crippen molar-refractivity contribution in [2.24, 2.45) is 5.92 Å². The van der Waals surface area contributed by atoms with E-state index in [9.17, 15) is 14.4 Å². The fourth-order valence-electron chi connectivity index (χ4n) is 3.58. The van der Waals surface area contributed by atoms with Crippen molar-refractivity contribution in [2.75, 3.05) is 30.8 Å². The predicted octanol–water partition coefficient (Wildman–Crippen LogP) is 3.84. The quantitative estimate of drug-likeness (QED) is 0.675. The van der Waals surface area contributed by atoms with E-state index in [0.717, 1.165) is 18.4 Å². The molecule has 0 unspecified atom stereocenters. The Bertz CT molecular complexity index is 956. The first-order valence-corrected chi connectivity index (χ1v) is 10.6. The van der Waals surface area contributed by atoms with Crippen molar-refractivity contribution < 1.29 is 19.1 Å². The Labute approximate surface area is 182 Å². The van der Waals surface area contributed by atoms with Crippen LogP contribution in [-0.4, -0.2) is 42.8 Å². The summed E-state index contributed by atoms with van der Waals surface area (Å²) in [6.45, 7) is 5.18. The minimum atomic E-state index is -0.346. The van der Waals surface area contributed by atoms with Gasteiger partial charge in [0.1, 0.15) is 5.75 Å². The summed E-state index contributed by atoms with van der Waals surface area (Å²) < 4.78 is 5.30. The number of hydrogen-bond acceptors (Lipinski definition) is 4. The molecule has 2 aromatic carbocycles. The maximum Gasteiger partial charge on any atom is 0.255 e. The molecule has 1 atom stereocenters. The topological polar surface area (TPSA) is 87.7 Å². The third-order valence-electron chi connectivity index (χ3n) is 5.38. The van der Waals surface area contributed by atoms with Crippen molar-refractivity contribution in [1.29, 1.82) is 0 Å². The van der Waals surface area contributed by atoms with Crippen LogP contribution in [0.5, 0.6) is 5.75 Å². The van der Waals surface area contributed by atoms with Crippen LogP contribution in [0.1, 0.15) is 42.1 Å². The fraction of sp³-hybridized carbons (Fsp3) is 0.375. The number of aryl methyl sites for hydroxylation is 1. The van der Waals surface area contributed by atoms with Gasteiger partial charge in [-0.3, -0.25) is 14.4 Å². The van der Waals surface area contributed by atoms with Gasteiger partial charge in [0.25, 0.3) is 5.91 Å². The number of carbonyl (C=O) groups excluding carboxylic acids is 3. The van der Waals surface area contributed by atoms with Gasteiger partial charge >= 0.3 is 0 Å². The minimum Gasteiger partial charge on any atom is -0.495 e. The lowest BCUT2D eigenvalue weighted by Crippen LogP contribution is -2.29. The molecule has 1 heterocycles. The number of unbranched alkanes of at least 4 members (excludes halogenated alkanes) is 1.